The van der Waals surface area contributed by atoms with Crippen molar-refractivity contribution in [3.05, 3.63) is 58.6 Å². The quantitative estimate of drug-likeness (QED) is 0.804. The predicted octanol–water partition coefficient (Wildman–Crippen LogP) is 3.95. The minimum absolute atomic E-state index is 0.105. The molecule has 0 saturated carbocycles. The first-order valence-corrected chi connectivity index (χ1v) is 6.14. The number of phenolic OH excluding ortho intramolecular Hbond substituents is 1. The second-order valence-electron chi connectivity index (χ2n) is 4.91. The van der Waals surface area contributed by atoms with E-state index in [1.54, 1.807) is 12.1 Å². The molecule has 2 aromatic rings. The van der Waals surface area contributed by atoms with E-state index in [0.717, 1.165) is 16.8 Å². The molecule has 0 fully saturated rings. The highest BCUT2D eigenvalue weighted by Gasteiger charge is 2.23. The zero-order valence-corrected chi connectivity index (χ0v) is 11.2. The lowest BCUT2D eigenvalue weighted by Crippen LogP contribution is -2.18. The molecule has 0 atom stereocenters. The number of hydrogen-bond acceptors (Lipinski definition) is 2. The number of nitrogen functional groups attached to an aromatic ring is 1. The first kappa shape index (κ1) is 12.8. The normalized spacial score (nSPS) is 11.5. The summed E-state index contributed by atoms with van der Waals surface area (Å²) in [6.45, 7) is 4.22. The Morgan fingerprint density at radius 1 is 1.00 bits per heavy atom. The van der Waals surface area contributed by atoms with Gasteiger partial charge in [0.1, 0.15) is 5.75 Å². The average Bonchev–Trinajstić information content (AvgIpc) is 2.33. The van der Waals surface area contributed by atoms with Crippen molar-refractivity contribution < 1.29 is 5.11 Å². The molecule has 18 heavy (non-hydrogen) atoms. The lowest BCUT2D eigenvalue weighted by molar-refractivity contribution is 0.474. The zero-order chi connectivity index (χ0) is 13.3. The summed E-state index contributed by atoms with van der Waals surface area (Å²) in [5, 5.41) is 9.84. The lowest BCUT2D eigenvalue weighted by atomic mass is 9.78. The van der Waals surface area contributed by atoms with Gasteiger partial charge < -0.3 is 10.8 Å². The second kappa shape index (κ2) is 4.54. The van der Waals surface area contributed by atoms with E-state index in [9.17, 15) is 5.11 Å². The Balaban J connectivity index is 2.46. The minimum atomic E-state index is -0.189. The largest absolute Gasteiger partial charge is 0.506 e. The monoisotopic (exact) mass is 261 g/mol. The third-order valence-corrected chi connectivity index (χ3v) is 3.60. The van der Waals surface area contributed by atoms with Gasteiger partial charge in [-0.15, -0.1) is 0 Å². The van der Waals surface area contributed by atoms with Crippen LogP contribution in [-0.2, 0) is 5.41 Å². The van der Waals surface area contributed by atoms with Gasteiger partial charge in [0.25, 0.3) is 0 Å². The van der Waals surface area contributed by atoms with Gasteiger partial charge in [-0.3, -0.25) is 0 Å². The standard InChI is InChI=1S/C15H16ClNO/c1-15(2,10-3-6-12(17)7-4-10)11-5-8-14(18)13(16)9-11/h3-9,18H,17H2,1-2H3. The number of nitrogens with two attached hydrogens (primary N) is 1. The van der Waals surface area contributed by atoms with E-state index in [-0.39, 0.29) is 11.2 Å². The van der Waals surface area contributed by atoms with Crippen LogP contribution < -0.4 is 5.73 Å². The molecule has 0 saturated heterocycles. The van der Waals surface area contributed by atoms with Crippen LogP contribution in [0.5, 0.6) is 5.75 Å². The Hall–Kier alpha value is -1.67. The molecular weight excluding hydrogens is 246 g/mol. The van der Waals surface area contributed by atoms with E-state index in [1.807, 2.05) is 30.3 Å². The molecule has 0 aliphatic heterocycles. The summed E-state index contributed by atoms with van der Waals surface area (Å²) in [6, 6.07) is 13.1. The highest BCUT2D eigenvalue weighted by molar-refractivity contribution is 6.32. The summed E-state index contributed by atoms with van der Waals surface area (Å²) in [4.78, 5) is 0. The highest BCUT2D eigenvalue weighted by Crippen LogP contribution is 2.35. The molecule has 0 unspecified atom stereocenters. The van der Waals surface area contributed by atoms with Gasteiger partial charge in [-0.25, -0.2) is 0 Å². The van der Waals surface area contributed by atoms with Gasteiger partial charge in [-0.2, -0.15) is 0 Å². The van der Waals surface area contributed by atoms with Gasteiger partial charge >= 0.3 is 0 Å². The summed E-state index contributed by atoms with van der Waals surface area (Å²) in [5.74, 6) is 0.105. The second-order valence-corrected chi connectivity index (χ2v) is 5.32. The van der Waals surface area contributed by atoms with Crippen molar-refractivity contribution in [1.82, 2.24) is 0 Å². The average molecular weight is 262 g/mol. The maximum atomic E-state index is 9.47. The van der Waals surface area contributed by atoms with E-state index in [4.69, 9.17) is 17.3 Å². The Kier molecular flexibility index (Phi) is 3.22. The van der Waals surface area contributed by atoms with Crippen molar-refractivity contribution in [2.45, 2.75) is 19.3 Å². The maximum Gasteiger partial charge on any atom is 0.134 e. The number of anilines is 1. The van der Waals surface area contributed by atoms with Crippen LogP contribution in [0.1, 0.15) is 25.0 Å². The van der Waals surface area contributed by atoms with Crippen molar-refractivity contribution in [3.8, 4) is 5.75 Å². The van der Waals surface area contributed by atoms with Gasteiger partial charge in [0, 0.05) is 11.1 Å². The maximum absolute atomic E-state index is 9.47. The fraction of sp³-hybridized carbons (Fsp3) is 0.200. The Labute approximate surface area is 112 Å². The van der Waals surface area contributed by atoms with E-state index in [0.29, 0.717) is 5.02 Å². The van der Waals surface area contributed by atoms with Gasteiger partial charge in [0.15, 0.2) is 0 Å². The van der Waals surface area contributed by atoms with E-state index in [2.05, 4.69) is 13.8 Å². The van der Waals surface area contributed by atoms with Crippen LogP contribution in [0.25, 0.3) is 0 Å². The van der Waals surface area contributed by atoms with Crippen LogP contribution in [0.3, 0.4) is 0 Å². The molecule has 0 heterocycles. The van der Waals surface area contributed by atoms with Gasteiger partial charge in [0.05, 0.1) is 5.02 Å². The molecule has 94 valence electrons. The van der Waals surface area contributed by atoms with Crippen LogP contribution in [-0.4, -0.2) is 5.11 Å². The molecule has 2 rings (SSSR count). The van der Waals surface area contributed by atoms with E-state index < -0.39 is 0 Å². The molecular formula is C15H16ClNO. The molecule has 0 bridgehead atoms. The molecule has 2 nitrogen and oxygen atoms in total. The number of benzene rings is 2. The molecule has 3 heteroatoms. The van der Waals surface area contributed by atoms with Gasteiger partial charge in [0.2, 0.25) is 0 Å². The Bertz CT molecular complexity index is 561. The third-order valence-electron chi connectivity index (χ3n) is 3.30. The van der Waals surface area contributed by atoms with E-state index in [1.165, 1.54) is 0 Å². The number of hydrogen-bond donors (Lipinski definition) is 2. The van der Waals surface area contributed by atoms with E-state index >= 15 is 0 Å². The summed E-state index contributed by atoms with van der Waals surface area (Å²) < 4.78 is 0. The summed E-state index contributed by atoms with van der Waals surface area (Å²) >= 11 is 5.96. The minimum Gasteiger partial charge on any atom is -0.506 e. The summed E-state index contributed by atoms with van der Waals surface area (Å²) in [7, 11) is 0. The smallest absolute Gasteiger partial charge is 0.134 e. The van der Waals surface area contributed by atoms with Crippen LogP contribution in [0.15, 0.2) is 42.5 Å². The van der Waals surface area contributed by atoms with Crippen molar-refractivity contribution >= 4 is 17.3 Å². The van der Waals surface area contributed by atoms with Crippen LogP contribution in [0, 0.1) is 0 Å². The van der Waals surface area contributed by atoms with Crippen LogP contribution in [0.4, 0.5) is 5.69 Å². The number of halogens is 1. The molecule has 0 aliphatic carbocycles. The SMILES string of the molecule is CC(C)(c1ccc(N)cc1)c1ccc(O)c(Cl)c1. The van der Waals surface area contributed by atoms with Gasteiger partial charge in [-0.05, 0) is 35.4 Å². The Morgan fingerprint density at radius 2 is 1.56 bits per heavy atom. The highest BCUT2D eigenvalue weighted by atomic mass is 35.5. The number of rotatable bonds is 2. The van der Waals surface area contributed by atoms with Crippen LogP contribution in [0.2, 0.25) is 5.02 Å². The van der Waals surface area contributed by atoms with Crippen molar-refractivity contribution in [3.63, 3.8) is 0 Å². The topological polar surface area (TPSA) is 46.2 Å². The molecule has 0 amide bonds. The fourth-order valence-electron chi connectivity index (χ4n) is 1.96. The number of aromatic hydroxyl groups is 1. The number of phenols is 1. The molecule has 0 spiro atoms. The fourth-order valence-corrected chi connectivity index (χ4v) is 2.14. The molecule has 2 aromatic carbocycles. The first-order chi connectivity index (χ1) is 8.41. The first-order valence-electron chi connectivity index (χ1n) is 5.76. The van der Waals surface area contributed by atoms with Crippen molar-refractivity contribution in [2.24, 2.45) is 0 Å². The predicted molar refractivity (Wildman–Crippen MR) is 76.1 cm³/mol. The molecule has 0 radical (unpaired) electrons. The lowest BCUT2D eigenvalue weighted by Gasteiger charge is -2.26. The molecule has 0 aliphatic rings. The Morgan fingerprint density at radius 3 is 2.11 bits per heavy atom. The molecule has 0 aromatic heterocycles. The van der Waals surface area contributed by atoms with Crippen molar-refractivity contribution in [2.75, 3.05) is 5.73 Å². The molecule has 3 N–H and O–H groups in total. The summed E-state index contributed by atoms with van der Waals surface area (Å²) in [5.41, 5.74) is 8.46. The third kappa shape index (κ3) is 2.29. The van der Waals surface area contributed by atoms with Crippen LogP contribution >= 0.6 is 11.6 Å². The summed E-state index contributed by atoms with van der Waals surface area (Å²) in [6.07, 6.45) is 0. The van der Waals surface area contributed by atoms with Crippen molar-refractivity contribution in [1.29, 1.82) is 0 Å². The van der Waals surface area contributed by atoms with Gasteiger partial charge in [-0.1, -0.05) is 43.6 Å². The zero-order valence-electron chi connectivity index (χ0n) is 10.4.